The van der Waals surface area contributed by atoms with Crippen LogP contribution in [0.2, 0.25) is 0 Å². The normalized spacial score (nSPS) is 22.2. The number of piperidine rings is 1. The number of alkyl halides is 1. The number of halogens is 1. The van der Waals surface area contributed by atoms with Crippen molar-refractivity contribution in [3.63, 3.8) is 0 Å². The van der Waals surface area contributed by atoms with E-state index in [1.807, 2.05) is 4.90 Å². The van der Waals surface area contributed by atoms with Gasteiger partial charge >= 0.3 is 0 Å². The first kappa shape index (κ1) is 13.8. The SMILES string of the molecule is CC(C)(C)CC(=O)N1CCCC(CCCl)C1. The van der Waals surface area contributed by atoms with Gasteiger partial charge in [0.1, 0.15) is 0 Å². The molecule has 94 valence electrons. The Hall–Kier alpha value is -0.240. The number of rotatable bonds is 3. The van der Waals surface area contributed by atoms with Crippen LogP contribution in [0.4, 0.5) is 0 Å². The first-order valence-electron chi connectivity index (χ1n) is 6.26. The van der Waals surface area contributed by atoms with E-state index >= 15 is 0 Å². The number of carbonyl (C=O) groups excluding carboxylic acids is 1. The highest BCUT2D eigenvalue weighted by Gasteiger charge is 2.26. The maximum atomic E-state index is 12.1. The molecule has 0 aromatic heterocycles. The summed E-state index contributed by atoms with van der Waals surface area (Å²) in [6.07, 6.45) is 4.06. The molecular formula is C13H24ClNO. The molecule has 1 aliphatic rings. The molecular weight excluding hydrogens is 222 g/mol. The Morgan fingerprint density at radius 3 is 2.69 bits per heavy atom. The highest BCUT2D eigenvalue weighted by atomic mass is 35.5. The molecule has 0 N–H and O–H groups in total. The van der Waals surface area contributed by atoms with Crippen LogP contribution in [-0.4, -0.2) is 29.8 Å². The maximum Gasteiger partial charge on any atom is 0.223 e. The fraction of sp³-hybridized carbons (Fsp3) is 0.923. The van der Waals surface area contributed by atoms with Crippen molar-refractivity contribution in [3.8, 4) is 0 Å². The van der Waals surface area contributed by atoms with E-state index in [1.165, 1.54) is 6.42 Å². The number of hydrogen-bond donors (Lipinski definition) is 0. The molecule has 1 atom stereocenters. The zero-order valence-corrected chi connectivity index (χ0v) is 11.5. The van der Waals surface area contributed by atoms with Crippen molar-refractivity contribution < 1.29 is 4.79 Å². The molecule has 1 rings (SSSR count). The maximum absolute atomic E-state index is 12.1. The Kier molecular flexibility index (Phi) is 5.10. The van der Waals surface area contributed by atoms with E-state index in [9.17, 15) is 4.79 Å². The molecule has 1 saturated heterocycles. The Morgan fingerprint density at radius 1 is 1.44 bits per heavy atom. The minimum absolute atomic E-state index is 0.0938. The monoisotopic (exact) mass is 245 g/mol. The molecule has 2 nitrogen and oxygen atoms in total. The van der Waals surface area contributed by atoms with Crippen molar-refractivity contribution >= 4 is 17.5 Å². The summed E-state index contributed by atoms with van der Waals surface area (Å²) in [6, 6.07) is 0. The van der Waals surface area contributed by atoms with E-state index in [0.29, 0.717) is 24.1 Å². The van der Waals surface area contributed by atoms with Gasteiger partial charge < -0.3 is 4.90 Å². The van der Waals surface area contributed by atoms with Crippen LogP contribution in [0.15, 0.2) is 0 Å². The van der Waals surface area contributed by atoms with Gasteiger partial charge in [0.05, 0.1) is 0 Å². The van der Waals surface area contributed by atoms with Crippen LogP contribution in [0.1, 0.15) is 46.5 Å². The van der Waals surface area contributed by atoms with E-state index in [-0.39, 0.29) is 5.41 Å². The first-order chi connectivity index (χ1) is 7.42. The molecule has 1 unspecified atom stereocenters. The van der Waals surface area contributed by atoms with Crippen LogP contribution < -0.4 is 0 Å². The molecule has 0 radical (unpaired) electrons. The van der Waals surface area contributed by atoms with Gasteiger partial charge in [0.2, 0.25) is 5.91 Å². The summed E-state index contributed by atoms with van der Waals surface area (Å²) in [4.78, 5) is 14.1. The topological polar surface area (TPSA) is 20.3 Å². The third kappa shape index (κ3) is 4.73. The molecule has 3 heteroatoms. The van der Waals surface area contributed by atoms with E-state index in [4.69, 9.17) is 11.6 Å². The van der Waals surface area contributed by atoms with E-state index < -0.39 is 0 Å². The molecule has 1 amide bonds. The average Bonchev–Trinajstić information content (AvgIpc) is 2.16. The molecule has 0 saturated carbocycles. The van der Waals surface area contributed by atoms with Crippen molar-refractivity contribution in [3.05, 3.63) is 0 Å². The predicted molar refractivity (Wildman–Crippen MR) is 68.7 cm³/mol. The van der Waals surface area contributed by atoms with Crippen LogP contribution >= 0.6 is 11.6 Å². The molecule has 1 aliphatic heterocycles. The van der Waals surface area contributed by atoms with Gasteiger partial charge in [-0.15, -0.1) is 11.6 Å². The quantitative estimate of drug-likeness (QED) is 0.699. The lowest BCUT2D eigenvalue weighted by Crippen LogP contribution is -2.41. The summed E-state index contributed by atoms with van der Waals surface area (Å²) in [5, 5.41) is 0. The van der Waals surface area contributed by atoms with Gasteiger partial charge in [-0.05, 0) is 30.6 Å². The Balaban J connectivity index is 2.44. The van der Waals surface area contributed by atoms with Gasteiger partial charge in [-0.2, -0.15) is 0 Å². The lowest BCUT2D eigenvalue weighted by Gasteiger charge is -2.34. The molecule has 16 heavy (non-hydrogen) atoms. The fourth-order valence-electron chi connectivity index (χ4n) is 2.25. The molecule has 0 aromatic rings. The van der Waals surface area contributed by atoms with Gasteiger partial charge in [0, 0.05) is 25.4 Å². The average molecular weight is 246 g/mol. The number of hydrogen-bond acceptors (Lipinski definition) is 1. The summed E-state index contributed by atoms with van der Waals surface area (Å²) in [5.74, 6) is 1.65. The standard InChI is InChI=1S/C13H24ClNO/c1-13(2,3)9-12(16)15-8-4-5-11(10-15)6-7-14/h11H,4-10H2,1-3H3. The second-order valence-electron chi connectivity index (χ2n) is 6.06. The zero-order chi connectivity index (χ0) is 12.2. The summed E-state index contributed by atoms with van der Waals surface area (Å²) in [5.41, 5.74) is 0.0938. The molecule has 1 fully saturated rings. The van der Waals surface area contributed by atoms with Crippen molar-refractivity contribution in [1.29, 1.82) is 0 Å². The van der Waals surface area contributed by atoms with Crippen LogP contribution in [0.5, 0.6) is 0 Å². The Morgan fingerprint density at radius 2 is 2.12 bits per heavy atom. The summed E-state index contributed by atoms with van der Waals surface area (Å²) in [7, 11) is 0. The van der Waals surface area contributed by atoms with Crippen molar-refractivity contribution in [2.24, 2.45) is 11.3 Å². The minimum atomic E-state index is 0.0938. The largest absolute Gasteiger partial charge is 0.342 e. The Labute approximate surface area is 104 Å². The highest BCUT2D eigenvalue weighted by Crippen LogP contribution is 2.24. The van der Waals surface area contributed by atoms with E-state index in [2.05, 4.69) is 20.8 Å². The van der Waals surface area contributed by atoms with Crippen molar-refractivity contribution in [2.45, 2.75) is 46.5 Å². The van der Waals surface area contributed by atoms with E-state index in [1.54, 1.807) is 0 Å². The molecule has 0 aromatic carbocycles. The smallest absolute Gasteiger partial charge is 0.223 e. The lowest BCUT2D eigenvalue weighted by atomic mass is 9.90. The number of carbonyl (C=O) groups is 1. The third-order valence-corrected chi connectivity index (χ3v) is 3.29. The van der Waals surface area contributed by atoms with Gasteiger partial charge in [-0.1, -0.05) is 20.8 Å². The second kappa shape index (κ2) is 5.90. The van der Waals surface area contributed by atoms with Gasteiger partial charge in [0.25, 0.3) is 0 Å². The predicted octanol–water partition coefficient (Wildman–Crippen LogP) is 3.29. The van der Waals surface area contributed by atoms with Gasteiger partial charge in [-0.25, -0.2) is 0 Å². The van der Waals surface area contributed by atoms with Crippen LogP contribution in [-0.2, 0) is 4.79 Å². The minimum Gasteiger partial charge on any atom is -0.342 e. The molecule has 0 aliphatic carbocycles. The first-order valence-corrected chi connectivity index (χ1v) is 6.79. The van der Waals surface area contributed by atoms with Gasteiger partial charge in [0.15, 0.2) is 0 Å². The molecule has 1 heterocycles. The van der Waals surface area contributed by atoms with E-state index in [0.717, 1.165) is 25.9 Å². The fourth-order valence-corrected chi connectivity index (χ4v) is 2.56. The Bertz CT molecular complexity index is 233. The summed E-state index contributed by atoms with van der Waals surface area (Å²) < 4.78 is 0. The van der Waals surface area contributed by atoms with Crippen LogP contribution in [0.25, 0.3) is 0 Å². The summed E-state index contributed by atoms with van der Waals surface area (Å²) in [6.45, 7) is 8.20. The van der Waals surface area contributed by atoms with Crippen molar-refractivity contribution in [2.75, 3.05) is 19.0 Å². The number of amides is 1. The number of likely N-dealkylation sites (tertiary alicyclic amines) is 1. The van der Waals surface area contributed by atoms with Gasteiger partial charge in [-0.3, -0.25) is 4.79 Å². The third-order valence-electron chi connectivity index (χ3n) is 3.07. The van der Waals surface area contributed by atoms with Crippen LogP contribution in [0.3, 0.4) is 0 Å². The summed E-state index contributed by atoms with van der Waals surface area (Å²) >= 11 is 5.77. The van der Waals surface area contributed by atoms with Crippen LogP contribution in [0, 0.1) is 11.3 Å². The second-order valence-corrected chi connectivity index (χ2v) is 6.44. The lowest BCUT2D eigenvalue weighted by molar-refractivity contribution is -0.134. The number of nitrogens with zero attached hydrogens (tertiary/aromatic N) is 1. The highest BCUT2D eigenvalue weighted by molar-refractivity contribution is 6.17. The molecule has 0 spiro atoms. The van der Waals surface area contributed by atoms with Crippen molar-refractivity contribution in [1.82, 2.24) is 4.90 Å². The zero-order valence-electron chi connectivity index (χ0n) is 10.8. The molecule has 0 bridgehead atoms.